The molecule has 0 spiro atoms. The molecule has 33 heavy (non-hydrogen) atoms. The average Bonchev–Trinajstić information content (AvgIpc) is 3.02. The number of aliphatic hydroxyl groups is 1. The molecule has 0 aliphatic heterocycles. The van der Waals surface area contributed by atoms with Gasteiger partial charge in [-0.15, -0.1) is 0 Å². The number of carbonyl (C=O) groups is 1. The Labute approximate surface area is 202 Å². The van der Waals surface area contributed by atoms with Gasteiger partial charge in [-0.05, 0) is 110 Å². The Morgan fingerprint density at radius 3 is 2.48 bits per heavy atom. The van der Waals surface area contributed by atoms with Crippen molar-refractivity contribution < 1.29 is 15.0 Å². The molecule has 186 valence electrons. The van der Waals surface area contributed by atoms with E-state index in [9.17, 15) is 9.90 Å². The summed E-state index contributed by atoms with van der Waals surface area (Å²) in [6, 6.07) is 0. The summed E-state index contributed by atoms with van der Waals surface area (Å²) in [6.07, 6.45) is 14.7. The summed E-state index contributed by atoms with van der Waals surface area (Å²) >= 11 is 0. The number of hydrogen-bond acceptors (Lipinski definition) is 2. The van der Waals surface area contributed by atoms with Crippen LogP contribution in [0, 0.1) is 45.3 Å². The van der Waals surface area contributed by atoms with Crippen molar-refractivity contribution in [1.82, 2.24) is 0 Å². The van der Waals surface area contributed by atoms with Crippen LogP contribution in [0.3, 0.4) is 0 Å². The highest BCUT2D eigenvalue weighted by Crippen LogP contribution is 2.73. The Bertz CT molecular complexity index is 853. The first-order chi connectivity index (χ1) is 15.3. The molecule has 0 saturated heterocycles. The summed E-state index contributed by atoms with van der Waals surface area (Å²) in [5.74, 6) is 1.75. The predicted octanol–water partition coefficient (Wildman–Crippen LogP) is 7.40. The van der Waals surface area contributed by atoms with Crippen molar-refractivity contribution >= 4 is 5.97 Å². The quantitative estimate of drug-likeness (QED) is 0.335. The summed E-state index contributed by atoms with van der Waals surface area (Å²) in [6.45, 7) is 16.5. The van der Waals surface area contributed by atoms with Gasteiger partial charge < -0.3 is 10.2 Å². The summed E-state index contributed by atoms with van der Waals surface area (Å²) in [5.41, 5.74) is 3.13. The van der Waals surface area contributed by atoms with Crippen molar-refractivity contribution in [3.8, 4) is 0 Å². The molecule has 3 fully saturated rings. The molecule has 4 aliphatic carbocycles. The van der Waals surface area contributed by atoms with Crippen molar-refractivity contribution in [1.29, 1.82) is 0 Å². The molecule has 4 aliphatic rings. The van der Waals surface area contributed by atoms with Gasteiger partial charge in [0.1, 0.15) is 0 Å². The fourth-order valence-corrected chi connectivity index (χ4v) is 9.50. The molecule has 0 bridgehead atoms. The lowest BCUT2D eigenvalue weighted by atomic mass is 9.41. The van der Waals surface area contributed by atoms with Crippen LogP contribution in [0.25, 0.3) is 0 Å². The van der Waals surface area contributed by atoms with Crippen LogP contribution in [0.5, 0.6) is 0 Å². The number of aliphatic hydroxyl groups excluding tert-OH is 1. The molecule has 0 amide bonds. The summed E-state index contributed by atoms with van der Waals surface area (Å²) in [5, 5.41) is 20.0. The summed E-state index contributed by atoms with van der Waals surface area (Å²) in [4.78, 5) is 11.1. The molecule has 0 aromatic rings. The second-order valence-electron chi connectivity index (χ2n) is 13.6. The molecule has 0 heterocycles. The van der Waals surface area contributed by atoms with Crippen molar-refractivity contribution in [2.24, 2.45) is 45.3 Å². The first-order valence-electron chi connectivity index (χ1n) is 13.6. The summed E-state index contributed by atoms with van der Waals surface area (Å²) in [7, 11) is 0. The van der Waals surface area contributed by atoms with E-state index in [0.29, 0.717) is 40.1 Å². The van der Waals surface area contributed by atoms with Crippen LogP contribution in [0.15, 0.2) is 23.3 Å². The number of fused-ring (bicyclic) bond motifs is 5. The summed E-state index contributed by atoms with van der Waals surface area (Å²) < 4.78 is 0. The van der Waals surface area contributed by atoms with Crippen LogP contribution in [0.1, 0.15) is 106 Å². The Morgan fingerprint density at radius 1 is 1.12 bits per heavy atom. The Kier molecular flexibility index (Phi) is 6.25. The van der Waals surface area contributed by atoms with Gasteiger partial charge in [-0.3, -0.25) is 0 Å². The van der Waals surface area contributed by atoms with Gasteiger partial charge in [0.05, 0.1) is 6.10 Å². The molecule has 8 atom stereocenters. The van der Waals surface area contributed by atoms with E-state index >= 15 is 0 Å². The third-order valence-electron chi connectivity index (χ3n) is 12.0. The van der Waals surface area contributed by atoms with Crippen molar-refractivity contribution in [2.75, 3.05) is 0 Å². The number of allylic oxidation sites excluding steroid dienone is 3. The third-order valence-corrected chi connectivity index (χ3v) is 12.0. The van der Waals surface area contributed by atoms with Crippen LogP contribution >= 0.6 is 0 Å². The number of carboxylic acid groups (broad SMARTS) is 1. The molecule has 3 nitrogen and oxygen atoms in total. The van der Waals surface area contributed by atoms with E-state index in [2.05, 4.69) is 47.6 Å². The van der Waals surface area contributed by atoms with E-state index < -0.39 is 5.97 Å². The molecule has 0 aromatic carbocycles. The maximum Gasteiger partial charge on any atom is 0.330 e. The Morgan fingerprint density at radius 2 is 1.82 bits per heavy atom. The van der Waals surface area contributed by atoms with Gasteiger partial charge in [0, 0.05) is 5.57 Å². The lowest BCUT2D eigenvalue weighted by Crippen LogP contribution is -2.58. The van der Waals surface area contributed by atoms with Crippen LogP contribution in [0.4, 0.5) is 0 Å². The van der Waals surface area contributed by atoms with E-state index in [1.165, 1.54) is 25.7 Å². The highest BCUT2D eigenvalue weighted by atomic mass is 16.4. The molecule has 3 heteroatoms. The number of aliphatic carboxylic acids is 1. The van der Waals surface area contributed by atoms with E-state index in [1.54, 1.807) is 12.5 Å². The lowest BCUT2D eigenvalue weighted by Gasteiger charge is -2.64. The Hall–Kier alpha value is -1.09. The predicted molar refractivity (Wildman–Crippen MR) is 135 cm³/mol. The zero-order valence-corrected chi connectivity index (χ0v) is 22.2. The minimum Gasteiger partial charge on any atom is -0.478 e. The maximum absolute atomic E-state index is 11.1. The van der Waals surface area contributed by atoms with Crippen LogP contribution in [-0.4, -0.2) is 22.3 Å². The molecule has 0 aromatic heterocycles. The fraction of sp³-hybridized carbons (Fsp3) is 0.833. The van der Waals surface area contributed by atoms with Gasteiger partial charge in [0.2, 0.25) is 0 Å². The molecular weight excluding hydrogens is 408 g/mol. The van der Waals surface area contributed by atoms with E-state index in [-0.39, 0.29) is 16.9 Å². The van der Waals surface area contributed by atoms with Crippen molar-refractivity contribution in [2.45, 2.75) is 112 Å². The minimum atomic E-state index is -0.796. The normalized spacial score (nSPS) is 45.5. The first-order valence-corrected chi connectivity index (χ1v) is 13.6. The van der Waals surface area contributed by atoms with Gasteiger partial charge >= 0.3 is 5.97 Å². The lowest BCUT2D eigenvalue weighted by molar-refractivity contribution is -0.132. The van der Waals surface area contributed by atoms with Crippen LogP contribution in [0.2, 0.25) is 0 Å². The molecule has 0 radical (unpaired) electrons. The second-order valence-corrected chi connectivity index (χ2v) is 13.6. The number of carboxylic acids is 1. The van der Waals surface area contributed by atoms with Gasteiger partial charge in [0.25, 0.3) is 0 Å². The SMILES string of the molecule is C/C(=C/CC[C@@H](C)[C@H]1CC[C@@]2(C)C3=CC[C@H]4C(C)(C)[C@@H](O)CC[C@]4(C)[C@@H]3CC[C@]12C)C(=O)O. The highest BCUT2D eigenvalue weighted by Gasteiger charge is 2.65. The number of rotatable bonds is 5. The van der Waals surface area contributed by atoms with Crippen molar-refractivity contribution in [3.63, 3.8) is 0 Å². The van der Waals surface area contributed by atoms with E-state index in [4.69, 9.17) is 5.11 Å². The number of hydrogen-bond donors (Lipinski definition) is 2. The van der Waals surface area contributed by atoms with E-state index in [0.717, 1.165) is 32.1 Å². The minimum absolute atomic E-state index is 0.00892. The van der Waals surface area contributed by atoms with Crippen molar-refractivity contribution in [3.05, 3.63) is 23.3 Å². The first kappa shape index (κ1) is 25.0. The van der Waals surface area contributed by atoms with E-state index in [1.807, 2.05) is 6.08 Å². The zero-order chi connectivity index (χ0) is 24.4. The van der Waals surface area contributed by atoms with Gasteiger partial charge in [0.15, 0.2) is 0 Å². The van der Waals surface area contributed by atoms with Gasteiger partial charge in [-0.25, -0.2) is 4.79 Å². The van der Waals surface area contributed by atoms with Gasteiger partial charge in [-0.2, -0.15) is 0 Å². The molecular formula is C30H48O3. The second kappa shape index (κ2) is 8.25. The topological polar surface area (TPSA) is 57.5 Å². The highest BCUT2D eigenvalue weighted by molar-refractivity contribution is 5.85. The Balaban J connectivity index is 1.58. The molecule has 3 saturated carbocycles. The average molecular weight is 457 g/mol. The van der Waals surface area contributed by atoms with Crippen LogP contribution < -0.4 is 0 Å². The standard InChI is InChI=1S/C30H48O3/c1-19(9-8-10-20(2)26(32)33)21-13-17-30(7)23-11-12-24-27(3,4)25(31)15-16-28(24,5)22(23)14-18-29(21,30)6/h10-11,19,21-22,24-25,31H,8-9,12-18H2,1-7H3,(H,32,33)/b20-10-/t19-,21-,22-,24+,25+,28-,29-,30+/m1/s1. The monoisotopic (exact) mass is 456 g/mol. The van der Waals surface area contributed by atoms with Gasteiger partial charge in [-0.1, -0.05) is 59.3 Å². The molecule has 2 N–H and O–H groups in total. The fourth-order valence-electron chi connectivity index (χ4n) is 9.50. The smallest absolute Gasteiger partial charge is 0.330 e. The maximum atomic E-state index is 11.1. The third kappa shape index (κ3) is 3.58. The molecule has 4 rings (SSSR count). The zero-order valence-electron chi connectivity index (χ0n) is 22.2. The molecule has 0 unspecified atom stereocenters. The van der Waals surface area contributed by atoms with Crippen LogP contribution in [-0.2, 0) is 4.79 Å². The largest absolute Gasteiger partial charge is 0.478 e.